The van der Waals surface area contributed by atoms with Gasteiger partial charge in [0.2, 0.25) is 0 Å². The average molecular weight is 249 g/mol. The molecule has 0 unspecified atom stereocenters. The molecule has 0 saturated carbocycles. The molecule has 96 valence electrons. The Bertz CT molecular complexity index is 468. The number of aliphatic hydroxyl groups excluding tert-OH is 1. The number of nitro groups is 1. The number of anilines is 1. The molecule has 0 aliphatic heterocycles. The van der Waals surface area contributed by atoms with Crippen LogP contribution in [0.1, 0.15) is 18.9 Å². The van der Waals surface area contributed by atoms with Gasteiger partial charge in [-0.1, -0.05) is 0 Å². The molecule has 0 aliphatic carbocycles. The Balaban J connectivity index is 3.16. The number of aliphatic hydroxyl groups is 1. The molecule has 0 amide bonds. The van der Waals surface area contributed by atoms with Gasteiger partial charge in [-0.05, 0) is 25.5 Å². The van der Waals surface area contributed by atoms with Gasteiger partial charge < -0.3 is 10.0 Å². The monoisotopic (exact) mass is 249 g/mol. The van der Waals surface area contributed by atoms with Crippen molar-refractivity contribution >= 4 is 11.4 Å². The maximum Gasteiger partial charge on any atom is 0.292 e. The molecule has 0 fully saturated rings. The van der Waals surface area contributed by atoms with Gasteiger partial charge in [0.05, 0.1) is 16.6 Å². The highest BCUT2D eigenvalue weighted by molar-refractivity contribution is 5.65. The molecule has 1 N–H and O–H groups in total. The Morgan fingerprint density at radius 2 is 2.28 bits per heavy atom. The fourth-order valence-corrected chi connectivity index (χ4v) is 1.71. The first-order valence-electron chi connectivity index (χ1n) is 5.68. The van der Waals surface area contributed by atoms with E-state index in [0.717, 1.165) is 0 Å². The van der Waals surface area contributed by atoms with Gasteiger partial charge in [-0.25, -0.2) is 0 Å². The minimum Gasteiger partial charge on any atom is -0.396 e. The van der Waals surface area contributed by atoms with Crippen LogP contribution in [0.15, 0.2) is 18.2 Å². The van der Waals surface area contributed by atoms with E-state index in [-0.39, 0.29) is 12.3 Å². The van der Waals surface area contributed by atoms with Gasteiger partial charge in [0.25, 0.3) is 5.69 Å². The van der Waals surface area contributed by atoms with Crippen LogP contribution in [0.25, 0.3) is 0 Å². The average Bonchev–Trinajstić information content (AvgIpc) is 2.39. The molecule has 0 atom stereocenters. The third kappa shape index (κ3) is 3.18. The van der Waals surface area contributed by atoms with Gasteiger partial charge in [0, 0.05) is 25.8 Å². The van der Waals surface area contributed by atoms with Gasteiger partial charge in [0.1, 0.15) is 5.69 Å². The minimum atomic E-state index is -0.460. The van der Waals surface area contributed by atoms with Crippen molar-refractivity contribution in [1.29, 1.82) is 5.26 Å². The van der Waals surface area contributed by atoms with Crippen LogP contribution in [-0.4, -0.2) is 29.7 Å². The van der Waals surface area contributed by atoms with E-state index in [4.69, 9.17) is 10.4 Å². The van der Waals surface area contributed by atoms with Crippen LogP contribution in [0.5, 0.6) is 0 Å². The first-order valence-corrected chi connectivity index (χ1v) is 5.68. The lowest BCUT2D eigenvalue weighted by Gasteiger charge is -2.22. The smallest absolute Gasteiger partial charge is 0.292 e. The summed E-state index contributed by atoms with van der Waals surface area (Å²) in [6, 6.07) is 6.26. The van der Waals surface area contributed by atoms with Crippen LogP contribution in [-0.2, 0) is 0 Å². The molecule has 1 aromatic carbocycles. The predicted octanol–water partition coefficient (Wildman–Crippen LogP) is 1.68. The molecule has 0 aliphatic rings. The summed E-state index contributed by atoms with van der Waals surface area (Å²) >= 11 is 0. The van der Waals surface area contributed by atoms with Crippen LogP contribution in [0.2, 0.25) is 0 Å². The SMILES string of the molecule is CCN(CCCO)c1cc(C#N)ccc1[N+](=O)[O-]. The zero-order valence-corrected chi connectivity index (χ0v) is 10.2. The first-order chi connectivity index (χ1) is 8.63. The lowest BCUT2D eigenvalue weighted by molar-refractivity contribution is -0.384. The molecule has 0 heterocycles. The highest BCUT2D eigenvalue weighted by Gasteiger charge is 2.18. The van der Waals surface area contributed by atoms with E-state index < -0.39 is 4.92 Å². The normalized spacial score (nSPS) is 9.83. The van der Waals surface area contributed by atoms with Crippen molar-refractivity contribution in [2.45, 2.75) is 13.3 Å². The Hall–Kier alpha value is -2.13. The summed E-state index contributed by atoms with van der Waals surface area (Å²) in [4.78, 5) is 12.3. The number of hydrogen-bond acceptors (Lipinski definition) is 5. The number of benzene rings is 1. The van der Waals surface area contributed by atoms with Crippen molar-refractivity contribution in [2.24, 2.45) is 0 Å². The van der Waals surface area contributed by atoms with E-state index in [2.05, 4.69) is 0 Å². The molecule has 1 rings (SSSR count). The van der Waals surface area contributed by atoms with Gasteiger partial charge in [-0.2, -0.15) is 5.26 Å². The number of nitrogens with zero attached hydrogens (tertiary/aromatic N) is 3. The highest BCUT2D eigenvalue weighted by Crippen LogP contribution is 2.29. The molecule has 0 spiro atoms. The predicted molar refractivity (Wildman–Crippen MR) is 67.4 cm³/mol. The van der Waals surface area contributed by atoms with Gasteiger partial charge in [0.15, 0.2) is 0 Å². The molecular formula is C12H15N3O3. The standard InChI is InChI=1S/C12H15N3O3/c1-2-14(6-3-7-16)12-8-10(9-13)4-5-11(12)15(17)18/h4-5,8,16H,2-3,6-7H2,1H3. The summed E-state index contributed by atoms with van der Waals surface area (Å²) in [5.41, 5.74) is 0.793. The second kappa shape index (κ2) is 6.57. The molecular weight excluding hydrogens is 234 g/mol. The maximum atomic E-state index is 11.0. The fourth-order valence-electron chi connectivity index (χ4n) is 1.71. The van der Waals surface area contributed by atoms with Crippen molar-refractivity contribution in [2.75, 3.05) is 24.6 Å². The maximum absolute atomic E-state index is 11.0. The van der Waals surface area contributed by atoms with E-state index in [1.54, 1.807) is 4.90 Å². The van der Waals surface area contributed by atoms with E-state index in [0.29, 0.717) is 30.8 Å². The van der Waals surface area contributed by atoms with Crippen LogP contribution in [0, 0.1) is 21.4 Å². The summed E-state index contributed by atoms with van der Waals surface area (Å²) in [7, 11) is 0. The molecule has 6 nitrogen and oxygen atoms in total. The van der Waals surface area contributed by atoms with Crippen LogP contribution < -0.4 is 4.90 Å². The van der Waals surface area contributed by atoms with E-state index in [1.165, 1.54) is 18.2 Å². The zero-order valence-electron chi connectivity index (χ0n) is 10.2. The van der Waals surface area contributed by atoms with Crippen molar-refractivity contribution in [3.63, 3.8) is 0 Å². The van der Waals surface area contributed by atoms with Crippen LogP contribution >= 0.6 is 0 Å². The third-order valence-corrected chi connectivity index (χ3v) is 2.61. The molecule has 0 radical (unpaired) electrons. The Morgan fingerprint density at radius 1 is 1.56 bits per heavy atom. The Kier molecular flexibility index (Phi) is 5.08. The lowest BCUT2D eigenvalue weighted by atomic mass is 10.1. The molecule has 1 aromatic rings. The van der Waals surface area contributed by atoms with E-state index >= 15 is 0 Å². The fraction of sp³-hybridized carbons (Fsp3) is 0.417. The van der Waals surface area contributed by atoms with Crippen molar-refractivity contribution in [1.82, 2.24) is 0 Å². The number of nitriles is 1. The molecule has 6 heteroatoms. The second-order valence-corrected chi connectivity index (χ2v) is 3.73. The summed E-state index contributed by atoms with van der Waals surface area (Å²) < 4.78 is 0. The molecule has 0 aromatic heterocycles. The number of hydrogen-bond donors (Lipinski definition) is 1. The Labute approximate surface area is 105 Å². The van der Waals surface area contributed by atoms with Crippen molar-refractivity contribution in [3.8, 4) is 6.07 Å². The summed E-state index contributed by atoms with van der Waals surface area (Å²) in [5, 5.41) is 28.6. The Morgan fingerprint density at radius 3 is 2.78 bits per heavy atom. The van der Waals surface area contributed by atoms with Crippen molar-refractivity contribution in [3.05, 3.63) is 33.9 Å². The second-order valence-electron chi connectivity index (χ2n) is 3.73. The zero-order chi connectivity index (χ0) is 13.5. The summed E-state index contributed by atoms with van der Waals surface area (Å²) in [6.45, 7) is 3.00. The molecule has 0 saturated heterocycles. The van der Waals surface area contributed by atoms with Gasteiger partial charge >= 0.3 is 0 Å². The van der Waals surface area contributed by atoms with E-state index in [1.807, 2.05) is 13.0 Å². The summed E-state index contributed by atoms with van der Waals surface area (Å²) in [6.07, 6.45) is 0.530. The number of rotatable bonds is 6. The topological polar surface area (TPSA) is 90.4 Å². The minimum absolute atomic E-state index is 0.0196. The highest BCUT2D eigenvalue weighted by atomic mass is 16.6. The van der Waals surface area contributed by atoms with Crippen LogP contribution in [0.4, 0.5) is 11.4 Å². The van der Waals surface area contributed by atoms with Crippen LogP contribution in [0.3, 0.4) is 0 Å². The summed E-state index contributed by atoms with van der Waals surface area (Å²) in [5.74, 6) is 0. The number of nitro benzene ring substituents is 1. The molecule has 0 bridgehead atoms. The molecule has 18 heavy (non-hydrogen) atoms. The van der Waals surface area contributed by atoms with Gasteiger partial charge in [-0.15, -0.1) is 0 Å². The quantitative estimate of drug-likeness (QED) is 0.611. The lowest BCUT2D eigenvalue weighted by Crippen LogP contribution is -2.25. The van der Waals surface area contributed by atoms with Crippen molar-refractivity contribution < 1.29 is 10.0 Å². The first kappa shape index (κ1) is 13.9. The van der Waals surface area contributed by atoms with Gasteiger partial charge in [-0.3, -0.25) is 10.1 Å². The van der Waals surface area contributed by atoms with E-state index in [9.17, 15) is 10.1 Å². The largest absolute Gasteiger partial charge is 0.396 e. The third-order valence-electron chi connectivity index (χ3n) is 2.61.